The summed E-state index contributed by atoms with van der Waals surface area (Å²) in [4.78, 5) is 72.9. The maximum Gasteiger partial charge on any atom is 0.329 e. The Morgan fingerprint density at radius 3 is 2.26 bits per heavy atom. The summed E-state index contributed by atoms with van der Waals surface area (Å²) in [6.45, 7) is 12.8. The van der Waals surface area contributed by atoms with Crippen LogP contribution in [0.4, 0.5) is 0 Å². The zero-order chi connectivity index (χ0) is 53.7. The molecule has 1 aliphatic carbocycles. The molecule has 15 atom stereocenters. The molecule has 1 unspecified atom stereocenters. The molecule has 4 aliphatic rings. The lowest BCUT2D eigenvalue weighted by molar-refractivity contribution is -0.264. The fourth-order valence-corrected chi connectivity index (χ4v) is 11.3. The van der Waals surface area contributed by atoms with E-state index in [-0.39, 0.29) is 60.7 Å². The lowest BCUT2D eigenvalue weighted by Gasteiger charge is -2.43. The number of aliphatic hydroxyl groups excluding tert-OH is 2. The van der Waals surface area contributed by atoms with Crippen LogP contribution in [0.5, 0.6) is 11.5 Å². The van der Waals surface area contributed by atoms with Crippen LogP contribution in [0, 0.1) is 35.5 Å². The maximum absolute atomic E-state index is 14.6. The Kier molecular flexibility index (Phi) is 22.2. The molecule has 3 N–H and O–H groups in total. The molecule has 0 aromatic heterocycles. The van der Waals surface area contributed by atoms with Crippen LogP contribution < -0.4 is 9.47 Å². The number of cyclic esters (lactones) is 1. The number of benzene rings is 1. The van der Waals surface area contributed by atoms with Crippen molar-refractivity contribution in [2.45, 2.75) is 180 Å². The van der Waals surface area contributed by atoms with E-state index in [2.05, 4.69) is 0 Å². The van der Waals surface area contributed by atoms with E-state index in [1.165, 1.54) is 12.0 Å². The molecule has 406 valence electrons. The number of Topliss-reactive ketones (excluding diaryl/α,β-unsaturated/α-hetero) is 3. The van der Waals surface area contributed by atoms with Gasteiger partial charge in [-0.1, -0.05) is 82.7 Å². The Hall–Kier alpha value is -4.51. The van der Waals surface area contributed by atoms with E-state index in [0.29, 0.717) is 81.3 Å². The van der Waals surface area contributed by atoms with Crippen molar-refractivity contribution in [2.75, 3.05) is 35.0 Å². The van der Waals surface area contributed by atoms with Crippen molar-refractivity contribution in [2.24, 2.45) is 35.5 Å². The van der Waals surface area contributed by atoms with Gasteiger partial charge in [-0.15, -0.1) is 0 Å². The first-order valence-electron chi connectivity index (χ1n) is 26.5. The first-order chi connectivity index (χ1) is 34.7. The summed E-state index contributed by atoms with van der Waals surface area (Å²) in [5, 5.41) is 34.4. The van der Waals surface area contributed by atoms with Gasteiger partial charge < -0.3 is 48.6 Å². The number of methoxy groups -OCH3 is 4. The first kappa shape index (κ1) is 59.4. The van der Waals surface area contributed by atoms with E-state index in [9.17, 15) is 39.3 Å². The summed E-state index contributed by atoms with van der Waals surface area (Å²) in [6.07, 6.45) is 11.4. The van der Waals surface area contributed by atoms with Crippen molar-refractivity contribution < 1.29 is 67.7 Å². The van der Waals surface area contributed by atoms with Gasteiger partial charge in [0.2, 0.25) is 5.79 Å². The topological polar surface area (TPSA) is 205 Å². The molecular formula is C58H85NO14. The van der Waals surface area contributed by atoms with Gasteiger partial charge in [0, 0.05) is 62.5 Å². The molecule has 1 aromatic carbocycles. The number of allylic oxidation sites excluding steroid dienone is 7. The summed E-state index contributed by atoms with van der Waals surface area (Å²) in [5.74, 6) is -7.37. The van der Waals surface area contributed by atoms with E-state index < -0.39 is 77.8 Å². The SMILES string of the molecule is COc1ccc(C2C[C@@H]3CC[C@@H](C)[C@@](O)(O3)C(=O)C(=O)N3CCCC[C@H]3C(=O)O[C@H]([C@H](C)C[C@@H]3CC[C@@H](O)[C@H](OC)C3)CC(=O)[C@H](C)/C=C(\C)[C@@H](O)[C@@H](OC)C(=O)[C@H](C)C[C@H](C)/C=C/C=C/C=C/2C)c(OC)c1. The van der Waals surface area contributed by atoms with E-state index >= 15 is 0 Å². The Balaban J connectivity index is 1.53. The number of amides is 1. The molecule has 0 spiro atoms. The van der Waals surface area contributed by atoms with Crippen molar-refractivity contribution >= 4 is 29.2 Å². The number of ether oxygens (including phenoxy) is 6. The molecule has 3 heterocycles. The summed E-state index contributed by atoms with van der Waals surface area (Å²) in [7, 11) is 6.10. The van der Waals surface area contributed by atoms with Crippen LogP contribution in [0.25, 0.3) is 0 Å². The van der Waals surface area contributed by atoms with Crippen molar-refractivity contribution in [3.05, 3.63) is 71.4 Å². The molecule has 2 saturated heterocycles. The number of piperidine rings is 1. The standard InChI is InChI=1S/C58H85NO14/c1-34-17-13-12-14-18-35(2)45(44-24-23-42(68-8)32-50(44)69-9)31-43-22-20-40(7)58(67,73-43)55(64)56(65)59-26-16-15-19-46(59)57(66)72-49(37(4)29-41-21-25-47(60)51(30-41)70-10)33-48(61)36(3)28-39(6)53(63)54(71-11)52(62)38(5)27-34/h12-14,17-18,23-24,28,32,34,36-38,40-41,43,45-47,49,51,53-54,60,63,67H,15-16,19-22,25-27,29-31,33H2,1-11H3/b14-12+,17-13+,35-18+,39-28+/t34-,36-,37-,38-,40-,41+,43+,45?,46+,47-,49+,51-,53-,54+,58-/m1/s1. The highest BCUT2D eigenvalue weighted by Crippen LogP contribution is 2.43. The van der Waals surface area contributed by atoms with Crippen molar-refractivity contribution in [1.29, 1.82) is 0 Å². The average Bonchev–Trinajstić information content (AvgIpc) is 3.38. The van der Waals surface area contributed by atoms with Crippen LogP contribution in [0.2, 0.25) is 0 Å². The minimum absolute atomic E-state index is 0.0135. The van der Waals surface area contributed by atoms with Gasteiger partial charge in [0.1, 0.15) is 41.6 Å². The number of aliphatic hydroxyl groups is 3. The van der Waals surface area contributed by atoms with Gasteiger partial charge in [-0.3, -0.25) is 19.2 Å². The third-order valence-corrected chi connectivity index (χ3v) is 16.1. The maximum atomic E-state index is 14.6. The predicted molar refractivity (Wildman–Crippen MR) is 277 cm³/mol. The quantitative estimate of drug-likeness (QED) is 0.128. The fourth-order valence-electron chi connectivity index (χ4n) is 11.3. The van der Waals surface area contributed by atoms with E-state index in [1.54, 1.807) is 54.2 Å². The number of nitrogens with zero attached hydrogens (tertiary/aromatic N) is 1. The van der Waals surface area contributed by atoms with Crippen molar-refractivity contribution in [3.8, 4) is 11.5 Å². The van der Waals surface area contributed by atoms with Crippen LogP contribution in [-0.4, -0.2) is 133 Å². The van der Waals surface area contributed by atoms with Crippen molar-refractivity contribution in [1.82, 2.24) is 4.90 Å². The smallest absolute Gasteiger partial charge is 0.329 e. The molecule has 1 aromatic rings. The van der Waals surface area contributed by atoms with Gasteiger partial charge >= 0.3 is 5.97 Å². The number of rotatable bonds is 8. The van der Waals surface area contributed by atoms with Gasteiger partial charge in [-0.05, 0) is 114 Å². The molecule has 2 bridgehead atoms. The summed E-state index contributed by atoms with van der Waals surface area (Å²) >= 11 is 0. The van der Waals surface area contributed by atoms with E-state index in [0.717, 1.165) is 11.1 Å². The van der Waals surface area contributed by atoms with Gasteiger partial charge in [-0.25, -0.2) is 4.79 Å². The minimum Gasteiger partial charge on any atom is -0.497 e. The zero-order valence-electron chi connectivity index (χ0n) is 45.3. The van der Waals surface area contributed by atoms with Crippen LogP contribution in [0.3, 0.4) is 0 Å². The third kappa shape index (κ3) is 15.1. The number of carbonyl (C=O) groups is 5. The second-order valence-corrected chi connectivity index (χ2v) is 21.5. The second-order valence-electron chi connectivity index (χ2n) is 21.5. The Bertz CT molecular complexity index is 2180. The molecule has 0 radical (unpaired) electrons. The van der Waals surface area contributed by atoms with Gasteiger partial charge in [0.25, 0.3) is 11.7 Å². The van der Waals surface area contributed by atoms with Crippen molar-refractivity contribution in [3.63, 3.8) is 0 Å². The first-order valence-corrected chi connectivity index (χ1v) is 26.5. The number of ketones is 3. The summed E-state index contributed by atoms with van der Waals surface area (Å²) in [5.41, 5.74) is 2.14. The summed E-state index contributed by atoms with van der Waals surface area (Å²) < 4.78 is 35.3. The number of fused-ring (bicyclic) bond motifs is 3. The van der Waals surface area contributed by atoms with Gasteiger partial charge in [-0.2, -0.15) is 0 Å². The molecular weight excluding hydrogens is 935 g/mol. The average molecular weight is 1020 g/mol. The lowest BCUT2D eigenvalue weighted by atomic mass is 9.78. The summed E-state index contributed by atoms with van der Waals surface area (Å²) in [6, 6.07) is 4.39. The predicted octanol–water partition coefficient (Wildman–Crippen LogP) is 7.97. The van der Waals surface area contributed by atoms with Gasteiger partial charge in [0.05, 0.1) is 32.5 Å². The van der Waals surface area contributed by atoms with Crippen LogP contribution in [0.1, 0.15) is 137 Å². The highest BCUT2D eigenvalue weighted by molar-refractivity contribution is 6.39. The highest BCUT2D eigenvalue weighted by Gasteiger charge is 2.53. The molecule has 3 aliphatic heterocycles. The van der Waals surface area contributed by atoms with Gasteiger partial charge in [0.15, 0.2) is 5.78 Å². The molecule has 5 rings (SSSR count). The number of hydrogen-bond donors (Lipinski definition) is 3. The molecule has 73 heavy (non-hydrogen) atoms. The number of esters is 1. The second kappa shape index (κ2) is 27.3. The van der Waals surface area contributed by atoms with Crippen LogP contribution in [-0.2, 0) is 42.9 Å². The third-order valence-electron chi connectivity index (χ3n) is 16.1. The molecule has 15 heteroatoms. The monoisotopic (exact) mass is 1020 g/mol. The van der Waals surface area contributed by atoms with Crippen LogP contribution >= 0.6 is 0 Å². The normalized spacial score (nSPS) is 37.2. The number of carbonyl (C=O) groups excluding carboxylic acids is 5. The fraction of sp³-hybridized carbons (Fsp3) is 0.672. The molecule has 3 fully saturated rings. The zero-order valence-corrected chi connectivity index (χ0v) is 45.3. The molecule has 15 nitrogen and oxygen atoms in total. The molecule has 1 saturated carbocycles. The lowest BCUT2D eigenvalue weighted by Crippen LogP contribution is -2.60. The van der Waals surface area contributed by atoms with E-state index in [4.69, 9.17) is 28.4 Å². The highest BCUT2D eigenvalue weighted by atomic mass is 16.6. The van der Waals surface area contributed by atoms with E-state index in [1.807, 2.05) is 70.2 Å². The Morgan fingerprint density at radius 2 is 1.58 bits per heavy atom. The largest absolute Gasteiger partial charge is 0.497 e. The minimum atomic E-state index is -2.49. The molecule has 1 amide bonds. The van der Waals surface area contributed by atoms with Crippen LogP contribution in [0.15, 0.2) is 65.8 Å². The Labute approximate surface area is 433 Å². The Morgan fingerprint density at radius 1 is 0.836 bits per heavy atom. The number of hydrogen-bond acceptors (Lipinski definition) is 14.